The number of rotatable bonds is 9. The number of aliphatic carboxylic acids is 1. The first-order chi connectivity index (χ1) is 35.2. The van der Waals surface area contributed by atoms with Crippen LogP contribution in [0.3, 0.4) is 0 Å². The summed E-state index contributed by atoms with van der Waals surface area (Å²) in [6, 6.07) is 51.4. The van der Waals surface area contributed by atoms with Crippen LogP contribution in [-0.2, 0) is 29.4 Å². The van der Waals surface area contributed by atoms with Crippen LogP contribution in [0.25, 0.3) is 50.5 Å². The van der Waals surface area contributed by atoms with E-state index < -0.39 is 13.1 Å². The van der Waals surface area contributed by atoms with Crippen LogP contribution >= 0.6 is 0 Å². The van der Waals surface area contributed by atoms with Crippen molar-refractivity contribution in [2.24, 2.45) is 0 Å². The third-order valence-electron chi connectivity index (χ3n) is 11.1. The third-order valence-corrected chi connectivity index (χ3v) is 11.1. The monoisotopic (exact) mass is 1030 g/mol. The standard InChI is InChI=1S/C23H15N3O.C17H11N3O.C8H18NO.C6H7BO2.C2H4O2.Cu.O/c24-15-17-8-4-5-11-20(17)21-14-18(22-12-6-7-13-25-22)16-26(23(21)27)19-9-2-1-3-10-19;18-10-12-5-1-2-6-14(12)15-9-13(11-20-17(15)21)16-7-3-4-8-19-16;1-5-9(6-2,7-3)8(4)10;8-7(9)6-4-2-1-3-5-6;1-2(3)4;;/h1-14,16H;1-9,11H,(H,20,21);5-7H2,1-4H3;1-5,8-9H;1H3,(H,3,4);;/q;;+1;;;;. The second-order valence-corrected chi connectivity index (χ2v) is 15.4. The molecule has 17 heteroatoms. The number of pyridine rings is 4. The van der Waals surface area contributed by atoms with Crippen LogP contribution in [0.1, 0.15) is 45.7 Å². The molecule has 8 aromatic rings. The minimum atomic E-state index is -1.34. The van der Waals surface area contributed by atoms with Gasteiger partial charge in [0.1, 0.15) is 0 Å². The van der Waals surface area contributed by atoms with Gasteiger partial charge in [-0.05, 0) is 86.9 Å². The Kier molecular flexibility index (Phi) is 24.9. The molecule has 4 aromatic carbocycles. The zero-order valence-corrected chi connectivity index (χ0v) is 41.8. The molecule has 4 N–H and O–H groups in total. The Bertz CT molecular complexity index is 3190. The molecule has 4 heterocycles. The van der Waals surface area contributed by atoms with Crippen molar-refractivity contribution >= 4 is 24.5 Å². The van der Waals surface area contributed by atoms with Crippen molar-refractivity contribution in [2.45, 2.75) is 34.6 Å². The second-order valence-electron chi connectivity index (χ2n) is 15.4. The number of carbonyl (C=O) groups is 2. The summed E-state index contributed by atoms with van der Waals surface area (Å²) in [5.74, 6) is -0.549. The van der Waals surface area contributed by atoms with Gasteiger partial charge in [-0.3, -0.25) is 33.4 Å². The predicted octanol–water partition coefficient (Wildman–Crippen LogP) is 8.16. The van der Waals surface area contributed by atoms with E-state index in [0.29, 0.717) is 43.3 Å². The molecular formula is C56H55BCuN7O8+. The molecule has 0 aliphatic heterocycles. The number of aromatic nitrogens is 4. The minimum absolute atomic E-state index is 0.177. The Morgan fingerprint density at radius 1 is 0.630 bits per heavy atom. The number of nitrogens with one attached hydrogen (secondary N) is 1. The van der Waals surface area contributed by atoms with Gasteiger partial charge >= 0.3 is 32.8 Å². The number of nitriles is 2. The summed E-state index contributed by atoms with van der Waals surface area (Å²) in [6.07, 6.45) is 6.83. The molecule has 73 heavy (non-hydrogen) atoms. The van der Waals surface area contributed by atoms with E-state index in [2.05, 4.69) is 63.8 Å². The normalized spacial score (nSPS) is 9.85. The average molecular weight is 1030 g/mol. The fourth-order valence-electron chi connectivity index (χ4n) is 7.19. The maximum absolute atomic E-state index is 13.3. The summed E-state index contributed by atoms with van der Waals surface area (Å²) < 4.78 is 10.0. The topological polar surface area (TPSA) is 240 Å². The van der Waals surface area contributed by atoms with E-state index in [1.165, 1.54) is 0 Å². The fraction of sp³-hybridized carbons (Fsp3) is 0.143. The molecule has 375 valence electrons. The Morgan fingerprint density at radius 2 is 1.05 bits per heavy atom. The van der Waals surface area contributed by atoms with Crippen LogP contribution < -0.4 is 16.6 Å². The van der Waals surface area contributed by atoms with E-state index in [9.17, 15) is 24.9 Å². The van der Waals surface area contributed by atoms with E-state index in [1.54, 1.807) is 109 Å². The number of quaternary nitrogens is 1. The Labute approximate surface area is 432 Å². The summed E-state index contributed by atoms with van der Waals surface area (Å²) >= 11 is 2.94. The third kappa shape index (κ3) is 17.4. The number of aromatic amines is 1. The molecule has 0 atom stereocenters. The summed E-state index contributed by atoms with van der Waals surface area (Å²) in [5, 5.41) is 43.2. The van der Waals surface area contributed by atoms with Crippen molar-refractivity contribution in [3.05, 3.63) is 214 Å². The second kappa shape index (κ2) is 30.9. The van der Waals surface area contributed by atoms with Crippen LogP contribution in [0.15, 0.2) is 192 Å². The molecule has 0 bridgehead atoms. The molecule has 0 saturated heterocycles. The number of benzene rings is 4. The van der Waals surface area contributed by atoms with Crippen LogP contribution in [0, 0.1) is 22.7 Å². The number of nitrogens with zero attached hydrogens (tertiary/aromatic N) is 6. The number of amides is 1. The van der Waals surface area contributed by atoms with E-state index >= 15 is 0 Å². The molecule has 0 fully saturated rings. The predicted molar refractivity (Wildman–Crippen MR) is 279 cm³/mol. The van der Waals surface area contributed by atoms with Crippen LogP contribution in [0.4, 0.5) is 0 Å². The number of carboxylic acid groups (broad SMARTS) is 1. The van der Waals surface area contributed by atoms with Crippen LogP contribution in [-0.4, -0.2) is 77.8 Å². The van der Waals surface area contributed by atoms with Crippen molar-refractivity contribution in [1.29, 1.82) is 10.5 Å². The van der Waals surface area contributed by atoms with E-state index in [1.807, 2.05) is 84.9 Å². The molecule has 0 aliphatic rings. The van der Waals surface area contributed by atoms with Gasteiger partial charge in [-0.1, -0.05) is 97.1 Å². The van der Waals surface area contributed by atoms with Crippen molar-refractivity contribution in [3.8, 4) is 62.6 Å². The zero-order valence-electron chi connectivity index (χ0n) is 40.9. The Hall–Kier alpha value is -8.54. The van der Waals surface area contributed by atoms with Gasteiger partial charge < -0.3 is 20.1 Å². The summed E-state index contributed by atoms with van der Waals surface area (Å²) in [7, 11) is -1.34. The number of hydrogen-bond acceptors (Lipinski definition) is 11. The number of hydrogen-bond donors (Lipinski definition) is 4. The fourth-order valence-corrected chi connectivity index (χ4v) is 7.19. The van der Waals surface area contributed by atoms with Gasteiger partial charge in [-0.25, -0.2) is 4.79 Å². The summed E-state index contributed by atoms with van der Waals surface area (Å²) in [6.45, 7) is 11.7. The van der Waals surface area contributed by atoms with E-state index in [0.717, 1.165) is 54.8 Å². The molecule has 0 radical (unpaired) electrons. The molecule has 0 saturated carbocycles. The van der Waals surface area contributed by atoms with Gasteiger partial charge in [0.15, 0.2) is 0 Å². The molecule has 0 spiro atoms. The number of carbonyl (C=O) groups excluding carboxylic acids is 1. The molecule has 8 rings (SSSR count). The first-order valence-corrected chi connectivity index (χ1v) is 23.1. The molecule has 0 unspecified atom stereocenters. The first-order valence-electron chi connectivity index (χ1n) is 22.7. The van der Waals surface area contributed by atoms with Gasteiger partial charge in [-0.15, -0.1) is 0 Å². The van der Waals surface area contributed by atoms with Gasteiger partial charge in [0.05, 0.1) is 61.2 Å². The van der Waals surface area contributed by atoms with Gasteiger partial charge in [0.25, 0.3) is 17.1 Å². The summed E-state index contributed by atoms with van der Waals surface area (Å²) in [4.78, 5) is 56.9. The maximum atomic E-state index is 13.3. The molecule has 4 aromatic heterocycles. The van der Waals surface area contributed by atoms with E-state index in [-0.39, 0.29) is 17.0 Å². The van der Waals surface area contributed by atoms with Crippen molar-refractivity contribution in [3.63, 3.8) is 0 Å². The number of carboxylic acids is 1. The van der Waals surface area contributed by atoms with Crippen molar-refractivity contribution in [1.82, 2.24) is 19.5 Å². The van der Waals surface area contributed by atoms with Crippen LogP contribution in [0.5, 0.6) is 0 Å². The van der Waals surface area contributed by atoms with Crippen LogP contribution in [0.2, 0.25) is 0 Å². The Morgan fingerprint density at radius 3 is 1.47 bits per heavy atom. The molecule has 1 amide bonds. The zero-order chi connectivity index (χ0) is 53.8. The number of para-hydroxylation sites is 1. The van der Waals surface area contributed by atoms with Gasteiger partial charge in [-0.2, -0.15) is 10.5 Å². The van der Waals surface area contributed by atoms with E-state index in [4.69, 9.17) is 23.8 Å². The quantitative estimate of drug-likeness (QED) is 0.0791. The summed E-state index contributed by atoms with van der Waals surface area (Å²) in [5.41, 5.74) is 7.14. The SMILES string of the molecule is CC(=O)O.CC[N+](CC)(CC)C(C)=O.N#Cc1ccccc1-c1cc(-c2ccccn2)c[nH]c1=O.N#Cc1ccccc1-c1cc(-c2ccccn2)cn(-c2ccccc2)c1=O.OB(O)c1ccccc1.[O]=[Cu]. The Balaban J connectivity index is 0.000000269. The van der Waals surface area contributed by atoms with Gasteiger partial charge in [0, 0.05) is 70.8 Å². The van der Waals surface area contributed by atoms with Crippen molar-refractivity contribution in [2.75, 3.05) is 19.6 Å². The molecule has 0 aliphatic carbocycles. The van der Waals surface area contributed by atoms with Crippen molar-refractivity contribution < 1.29 is 49.0 Å². The molecule has 15 nitrogen and oxygen atoms in total. The molecular weight excluding hydrogens is 973 g/mol. The first kappa shape index (κ1) is 58.8. The number of H-pyrrole nitrogens is 1. The average Bonchev–Trinajstić information content (AvgIpc) is 3.43. The van der Waals surface area contributed by atoms with Gasteiger partial charge in [0.2, 0.25) is 0 Å².